The van der Waals surface area contributed by atoms with E-state index in [1.807, 2.05) is 6.07 Å². The van der Waals surface area contributed by atoms with Crippen LogP contribution in [0.25, 0.3) is 0 Å². The van der Waals surface area contributed by atoms with E-state index in [2.05, 4.69) is 10.2 Å². The number of anilines is 1. The largest absolute Gasteiger partial charge is 0.408 e. The summed E-state index contributed by atoms with van der Waals surface area (Å²) >= 11 is 0. The summed E-state index contributed by atoms with van der Waals surface area (Å²) in [4.78, 5) is 11.7. The summed E-state index contributed by atoms with van der Waals surface area (Å²) in [6.07, 6.45) is 0.0776. The molecule has 1 aromatic heterocycles. The van der Waals surface area contributed by atoms with Crippen molar-refractivity contribution in [3.63, 3.8) is 0 Å². The Kier molecular flexibility index (Phi) is 2.45. The summed E-state index contributed by atoms with van der Waals surface area (Å²) in [7, 11) is 0. The van der Waals surface area contributed by atoms with Crippen LogP contribution in [0.2, 0.25) is 0 Å². The molecule has 2 aromatic rings. The maximum Gasteiger partial charge on any atom is 0.312 e. The van der Waals surface area contributed by atoms with Gasteiger partial charge in [0.25, 0.3) is 0 Å². The normalized spacial score (nSPS) is 10.1. The summed E-state index contributed by atoms with van der Waals surface area (Å²) in [6.45, 7) is 0. The second-order valence-electron chi connectivity index (χ2n) is 3.00. The molecule has 76 valence electrons. The molecule has 0 aliphatic carbocycles. The molecule has 0 spiro atoms. The molecular formula is C10H9N3O2. The average molecular weight is 203 g/mol. The first-order chi connectivity index (χ1) is 7.25. The van der Waals surface area contributed by atoms with E-state index in [9.17, 15) is 4.79 Å². The number of nitrogens with zero attached hydrogens (tertiary/aromatic N) is 2. The number of benzene rings is 1. The molecule has 0 fully saturated rings. The molecule has 5 heteroatoms. The smallest absolute Gasteiger partial charge is 0.312 e. The Morgan fingerprint density at radius 3 is 2.60 bits per heavy atom. The number of Topliss-reactive ketones (excluding diaryl/α,β-unsaturated/α-hetero) is 1. The quantitative estimate of drug-likeness (QED) is 0.754. The molecule has 2 N–H and O–H groups in total. The first-order valence-corrected chi connectivity index (χ1v) is 4.42. The number of nitrogens with two attached hydrogens (primary N) is 1. The summed E-state index contributed by atoms with van der Waals surface area (Å²) in [5.41, 5.74) is 5.86. The Labute approximate surface area is 85.9 Å². The summed E-state index contributed by atoms with van der Waals surface area (Å²) < 4.78 is 4.91. The van der Waals surface area contributed by atoms with Crippen LogP contribution in [-0.2, 0) is 6.42 Å². The van der Waals surface area contributed by atoms with Crippen LogP contribution in [0.1, 0.15) is 16.2 Å². The summed E-state index contributed by atoms with van der Waals surface area (Å²) in [5.74, 6) is 0.167. The fraction of sp³-hybridized carbons (Fsp3) is 0.100. The van der Waals surface area contributed by atoms with Gasteiger partial charge in [-0.2, -0.15) is 0 Å². The second kappa shape index (κ2) is 3.91. The molecule has 5 nitrogen and oxygen atoms in total. The van der Waals surface area contributed by atoms with Crippen molar-refractivity contribution in [2.45, 2.75) is 6.42 Å². The lowest BCUT2D eigenvalue weighted by Crippen LogP contribution is -2.03. The lowest BCUT2D eigenvalue weighted by Gasteiger charge is -1.96. The molecule has 0 saturated heterocycles. The SMILES string of the molecule is Nc1nnc(CC(=O)c2ccccc2)o1. The topological polar surface area (TPSA) is 82.0 Å². The van der Waals surface area contributed by atoms with Gasteiger partial charge >= 0.3 is 6.01 Å². The van der Waals surface area contributed by atoms with Crippen LogP contribution >= 0.6 is 0 Å². The standard InChI is InChI=1S/C10H9N3O2/c11-10-13-12-9(15-10)6-8(14)7-4-2-1-3-5-7/h1-5H,6H2,(H2,11,13). The highest BCUT2D eigenvalue weighted by Crippen LogP contribution is 2.07. The van der Waals surface area contributed by atoms with Crippen molar-refractivity contribution in [1.29, 1.82) is 0 Å². The van der Waals surface area contributed by atoms with E-state index in [0.29, 0.717) is 5.56 Å². The Morgan fingerprint density at radius 1 is 1.27 bits per heavy atom. The maximum absolute atomic E-state index is 11.7. The van der Waals surface area contributed by atoms with Gasteiger partial charge in [0.2, 0.25) is 5.89 Å². The molecule has 0 aliphatic heterocycles. The Hall–Kier alpha value is -2.17. The van der Waals surface area contributed by atoms with Crippen LogP contribution in [0, 0.1) is 0 Å². The van der Waals surface area contributed by atoms with Gasteiger partial charge < -0.3 is 10.2 Å². The molecule has 0 atom stereocenters. The molecule has 15 heavy (non-hydrogen) atoms. The molecule has 0 unspecified atom stereocenters. The molecule has 0 aliphatic rings. The van der Waals surface area contributed by atoms with Crippen LogP contribution < -0.4 is 5.73 Å². The van der Waals surface area contributed by atoms with Crippen molar-refractivity contribution in [2.24, 2.45) is 0 Å². The number of nitrogen functional groups attached to an aromatic ring is 1. The van der Waals surface area contributed by atoms with E-state index in [1.54, 1.807) is 24.3 Å². The molecule has 0 radical (unpaired) electrons. The van der Waals surface area contributed by atoms with Crippen LogP contribution in [0.4, 0.5) is 6.01 Å². The summed E-state index contributed by atoms with van der Waals surface area (Å²) in [6, 6.07) is 8.90. The molecule has 0 saturated carbocycles. The van der Waals surface area contributed by atoms with Gasteiger partial charge in [-0.05, 0) is 0 Å². The fourth-order valence-corrected chi connectivity index (χ4v) is 1.20. The predicted octanol–water partition coefficient (Wildman–Crippen LogP) is 1.08. The van der Waals surface area contributed by atoms with Gasteiger partial charge in [-0.15, -0.1) is 5.10 Å². The third-order valence-corrected chi connectivity index (χ3v) is 1.89. The zero-order chi connectivity index (χ0) is 10.7. The van der Waals surface area contributed by atoms with Crippen molar-refractivity contribution in [1.82, 2.24) is 10.2 Å². The fourth-order valence-electron chi connectivity index (χ4n) is 1.20. The number of hydrogen-bond acceptors (Lipinski definition) is 5. The lowest BCUT2D eigenvalue weighted by molar-refractivity contribution is 0.0985. The number of carbonyl (C=O) groups is 1. The van der Waals surface area contributed by atoms with Gasteiger partial charge in [0.05, 0.1) is 6.42 Å². The molecule has 2 rings (SSSR count). The van der Waals surface area contributed by atoms with Crippen LogP contribution in [0.3, 0.4) is 0 Å². The molecule has 1 heterocycles. The van der Waals surface area contributed by atoms with Crippen molar-refractivity contribution in [3.05, 3.63) is 41.8 Å². The van der Waals surface area contributed by atoms with Gasteiger partial charge in [-0.25, -0.2) is 0 Å². The lowest BCUT2D eigenvalue weighted by atomic mass is 10.1. The van der Waals surface area contributed by atoms with Gasteiger partial charge in [0, 0.05) is 5.56 Å². The second-order valence-corrected chi connectivity index (χ2v) is 3.00. The van der Waals surface area contributed by atoms with Crippen LogP contribution in [0.5, 0.6) is 0 Å². The van der Waals surface area contributed by atoms with Crippen molar-refractivity contribution in [2.75, 3.05) is 5.73 Å². The highest BCUT2D eigenvalue weighted by atomic mass is 16.4. The van der Waals surface area contributed by atoms with E-state index < -0.39 is 0 Å². The maximum atomic E-state index is 11.7. The van der Waals surface area contributed by atoms with E-state index >= 15 is 0 Å². The zero-order valence-corrected chi connectivity index (χ0v) is 7.88. The minimum absolute atomic E-state index is 0.0224. The Bertz CT molecular complexity index is 465. The highest BCUT2D eigenvalue weighted by Gasteiger charge is 2.11. The Morgan fingerprint density at radius 2 is 2.00 bits per heavy atom. The first-order valence-electron chi connectivity index (χ1n) is 4.42. The van der Waals surface area contributed by atoms with E-state index in [0.717, 1.165) is 0 Å². The average Bonchev–Trinajstić information content (AvgIpc) is 2.65. The predicted molar refractivity (Wildman–Crippen MR) is 53.2 cm³/mol. The van der Waals surface area contributed by atoms with Crippen molar-refractivity contribution < 1.29 is 9.21 Å². The van der Waals surface area contributed by atoms with Crippen molar-refractivity contribution in [3.8, 4) is 0 Å². The minimum Gasteiger partial charge on any atom is -0.408 e. The molecule has 1 aromatic carbocycles. The van der Waals surface area contributed by atoms with Gasteiger partial charge in [-0.1, -0.05) is 35.4 Å². The van der Waals surface area contributed by atoms with Crippen LogP contribution in [-0.4, -0.2) is 16.0 Å². The van der Waals surface area contributed by atoms with E-state index in [-0.39, 0.29) is 24.1 Å². The minimum atomic E-state index is -0.0701. The molecule has 0 bridgehead atoms. The van der Waals surface area contributed by atoms with Crippen molar-refractivity contribution >= 4 is 11.8 Å². The van der Waals surface area contributed by atoms with E-state index in [1.165, 1.54) is 0 Å². The monoisotopic (exact) mass is 203 g/mol. The van der Waals surface area contributed by atoms with Gasteiger partial charge in [0.15, 0.2) is 5.78 Å². The third kappa shape index (κ3) is 2.19. The van der Waals surface area contributed by atoms with Gasteiger partial charge in [0.1, 0.15) is 0 Å². The summed E-state index contributed by atoms with van der Waals surface area (Å²) in [5, 5.41) is 7.09. The number of carbonyl (C=O) groups excluding carboxylic acids is 1. The first kappa shape index (κ1) is 9.39. The Balaban J connectivity index is 2.11. The number of aromatic nitrogens is 2. The number of ketones is 1. The molecule has 0 amide bonds. The highest BCUT2D eigenvalue weighted by molar-refractivity contribution is 5.96. The number of hydrogen-bond donors (Lipinski definition) is 1. The zero-order valence-electron chi connectivity index (χ0n) is 7.88. The third-order valence-electron chi connectivity index (χ3n) is 1.89. The van der Waals surface area contributed by atoms with E-state index in [4.69, 9.17) is 10.2 Å². The molecular weight excluding hydrogens is 194 g/mol. The number of rotatable bonds is 3. The van der Waals surface area contributed by atoms with Gasteiger partial charge in [-0.3, -0.25) is 4.79 Å². The van der Waals surface area contributed by atoms with Crippen LogP contribution in [0.15, 0.2) is 34.7 Å².